The molecular weight excluding hydrogens is 430 g/mol. The van der Waals surface area contributed by atoms with Gasteiger partial charge in [0.05, 0.1) is 0 Å². The molecule has 1 saturated carbocycles. The Bertz CT molecular complexity index is 959. The van der Waals surface area contributed by atoms with E-state index in [0.717, 1.165) is 38.0 Å². The molecule has 2 bridgehead atoms. The molecule has 1 aromatic heterocycles. The maximum Gasteiger partial charge on any atom is 0.279 e. The number of carbonyl (C=O) groups excluding carboxylic acids is 1. The van der Waals surface area contributed by atoms with Crippen LogP contribution in [0.2, 0.25) is 0 Å². The van der Waals surface area contributed by atoms with Gasteiger partial charge in [-0.3, -0.25) is 9.69 Å². The van der Waals surface area contributed by atoms with E-state index in [1.165, 1.54) is 0 Å². The van der Waals surface area contributed by atoms with Crippen molar-refractivity contribution >= 4 is 16.1 Å². The van der Waals surface area contributed by atoms with Crippen molar-refractivity contribution in [2.75, 3.05) is 19.6 Å². The molecule has 9 nitrogen and oxygen atoms in total. The van der Waals surface area contributed by atoms with Crippen LogP contribution < -0.4 is 10.0 Å². The van der Waals surface area contributed by atoms with Crippen LogP contribution in [0.3, 0.4) is 0 Å². The molecule has 0 aromatic carbocycles. The predicted octanol–water partition coefficient (Wildman–Crippen LogP) is 1.76. The van der Waals surface area contributed by atoms with Crippen LogP contribution in [0.4, 0.5) is 0 Å². The van der Waals surface area contributed by atoms with E-state index in [1.54, 1.807) is 10.4 Å². The number of hydrogen-bond acceptors (Lipinski definition) is 6. The molecule has 2 unspecified atom stereocenters. The number of carbonyl (C=O) groups is 1. The smallest absolute Gasteiger partial charge is 0.279 e. The molecule has 4 atom stereocenters. The third kappa shape index (κ3) is 4.64. The van der Waals surface area contributed by atoms with Crippen molar-refractivity contribution in [2.45, 2.75) is 82.0 Å². The molecule has 10 heteroatoms. The van der Waals surface area contributed by atoms with Crippen LogP contribution >= 0.6 is 0 Å². The molecule has 1 amide bonds. The Hall–Kier alpha value is -1.75. The number of nitrogens with zero attached hydrogens (tertiary/aromatic N) is 3. The highest BCUT2D eigenvalue weighted by Crippen LogP contribution is 2.40. The van der Waals surface area contributed by atoms with E-state index in [9.17, 15) is 13.2 Å². The Morgan fingerprint density at radius 3 is 2.47 bits per heavy atom. The Morgan fingerprint density at radius 2 is 1.81 bits per heavy atom. The molecule has 0 spiro atoms. The highest BCUT2D eigenvalue weighted by Gasteiger charge is 2.43. The second kappa shape index (κ2) is 8.89. The fourth-order valence-corrected chi connectivity index (χ4v) is 6.94. The van der Waals surface area contributed by atoms with Crippen LogP contribution in [-0.4, -0.2) is 72.5 Å². The zero-order valence-electron chi connectivity index (χ0n) is 18.6. The van der Waals surface area contributed by atoms with Crippen molar-refractivity contribution in [1.29, 1.82) is 0 Å². The third-order valence-electron chi connectivity index (χ3n) is 7.27. The summed E-state index contributed by atoms with van der Waals surface area (Å²) in [5.74, 6) is 0.909. The Labute approximate surface area is 189 Å². The van der Waals surface area contributed by atoms with Gasteiger partial charge >= 0.3 is 0 Å². The maximum absolute atomic E-state index is 13.2. The minimum atomic E-state index is -3.58. The number of aromatic nitrogens is 1. The fourth-order valence-electron chi connectivity index (χ4n) is 5.44. The molecule has 32 heavy (non-hydrogen) atoms. The minimum absolute atomic E-state index is 0.164. The zero-order chi connectivity index (χ0) is 22.3. The van der Waals surface area contributed by atoms with E-state index < -0.39 is 10.2 Å². The van der Waals surface area contributed by atoms with Crippen molar-refractivity contribution in [3.63, 3.8) is 0 Å². The van der Waals surface area contributed by atoms with Crippen molar-refractivity contribution < 1.29 is 17.7 Å². The number of likely N-dealkylation sites (N-methyl/N-ethyl adjacent to an activating group) is 1. The molecule has 2 aliphatic heterocycles. The molecule has 1 aromatic rings. The predicted molar refractivity (Wildman–Crippen MR) is 119 cm³/mol. The molecule has 3 heterocycles. The maximum atomic E-state index is 13.2. The van der Waals surface area contributed by atoms with Crippen LogP contribution in [0, 0.1) is 0 Å². The number of amides is 1. The number of nitrogens with one attached hydrogen (secondary N) is 2. The zero-order valence-corrected chi connectivity index (χ0v) is 19.4. The van der Waals surface area contributed by atoms with E-state index in [1.807, 2.05) is 12.2 Å². The number of rotatable bonds is 7. The first kappa shape index (κ1) is 22.1. The normalized spacial score (nSPS) is 31.5. The lowest BCUT2D eigenvalue weighted by Gasteiger charge is -2.40. The lowest BCUT2D eigenvalue weighted by molar-refractivity contribution is 0.0924. The van der Waals surface area contributed by atoms with Gasteiger partial charge in [-0.05, 0) is 51.5 Å². The highest BCUT2D eigenvalue weighted by molar-refractivity contribution is 7.87. The average molecular weight is 464 g/mol. The molecule has 176 valence electrons. The van der Waals surface area contributed by atoms with Crippen LogP contribution in [-0.2, 0) is 10.2 Å². The first-order chi connectivity index (χ1) is 15.4. The van der Waals surface area contributed by atoms with Crippen LogP contribution in [0.15, 0.2) is 22.7 Å². The summed E-state index contributed by atoms with van der Waals surface area (Å²) in [6, 6.07) is 1.94. The summed E-state index contributed by atoms with van der Waals surface area (Å²) in [5.41, 5.74) is 0.293. The molecule has 0 radical (unpaired) electrons. The Kier molecular flexibility index (Phi) is 6.13. The number of fused-ring (bicyclic) bond motifs is 2. The van der Waals surface area contributed by atoms with Gasteiger partial charge in [-0.2, -0.15) is 17.4 Å². The van der Waals surface area contributed by atoms with Gasteiger partial charge in [-0.1, -0.05) is 24.2 Å². The van der Waals surface area contributed by atoms with E-state index in [0.29, 0.717) is 56.0 Å². The van der Waals surface area contributed by atoms with E-state index in [4.69, 9.17) is 4.52 Å². The van der Waals surface area contributed by atoms with Gasteiger partial charge in [-0.15, -0.1) is 0 Å². The van der Waals surface area contributed by atoms with Crippen LogP contribution in [0.5, 0.6) is 0 Å². The number of hydrogen-bond donors (Lipinski definition) is 2. The highest BCUT2D eigenvalue weighted by atomic mass is 32.2. The molecule has 2 aliphatic carbocycles. The van der Waals surface area contributed by atoms with Gasteiger partial charge in [0.2, 0.25) is 0 Å². The monoisotopic (exact) mass is 463 g/mol. The minimum Gasteiger partial charge on any atom is -0.360 e. The lowest BCUT2D eigenvalue weighted by Crippen LogP contribution is -2.58. The van der Waals surface area contributed by atoms with E-state index >= 15 is 0 Å². The van der Waals surface area contributed by atoms with Crippen molar-refractivity contribution in [3.8, 4) is 0 Å². The Balaban J connectivity index is 1.19. The average Bonchev–Trinajstić information content (AvgIpc) is 3.48. The summed E-state index contributed by atoms with van der Waals surface area (Å²) in [4.78, 5) is 15.1. The van der Waals surface area contributed by atoms with Gasteiger partial charge in [0.1, 0.15) is 5.76 Å². The topological polar surface area (TPSA) is 108 Å². The molecule has 2 N–H and O–H groups in total. The summed E-state index contributed by atoms with van der Waals surface area (Å²) in [7, 11) is -3.58. The largest absolute Gasteiger partial charge is 0.360 e. The first-order valence-corrected chi connectivity index (χ1v) is 13.3. The molecule has 3 fully saturated rings. The van der Waals surface area contributed by atoms with Gasteiger partial charge in [0, 0.05) is 49.2 Å². The quantitative estimate of drug-likeness (QED) is 0.597. The molecule has 5 rings (SSSR count). The molecule has 4 aliphatic rings. The van der Waals surface area contributed by atoms with Crippen LogP contribution in [0.25, 0.3) is 0 Å². The van der Waals surface area contributed by atoms with Gasteiger partial charge < -0.3 is 9.84 Å². The second-order valence-electron chi connectivity index (χ2n) is 9.59. The standard InChI is InChI=1S/C22H33N5O4S/c1-2-27-18-9-10-19(27)14-26(13-18)32(29,30)25-17-6-4-3-5-16(11-17)23-22(28)20-12-21(31-24-20)15-7-8-15/h3-4,12,15-19,25H,2,5-11,13-14H2,1H3,(H,23,28)/t16-,17-,18?,19?/m0/s1. The summed E-state index contributed by atoms with van der Waals surface area (Å²) in [5, 5.41) is 6.92. The van der Waals surface area contributed by atoms with Gasteiger partial charge in [0.15, 0.2) is 5.69 Å². The van der Waals surface area contributed by atoms with E-state index in [2.05, 4.69) is 27.0 Å². The third-order valence-corrected chi connectivity index (χ3v) is 8.88. The SMILES string of the molecule is CCN1C2CCC1CN(S(=O)(=O)N[C@H]1CC=CC[C@H](NC(=O)c3cc(C4CC4)on3)C1)C2. The first-order valence-electron chi connectivity index (χ1n) is 11.9. The molecular formula is C22H33N5O4S. The van der Waals surface area contributed by atoms with Crippen molar-refractivity contribution in [2.24, 2.45) is 0 Å². The summed E-state index contributed by atoms with van der Waals surface area (Å²) in [6.07, 6.45) is 10.1. The summed E-state index contributed by atoms with van der Waals surface area (Å²) < 4.78 is 36.2. The fraction of sp³-hybridized carbons (Fsp3) is 0.727. The van der Waals surface area contributed by atoms with E-state index in [-0.39, 0.29) is 18.0 Å². The van der Waals surface area contributed by atoms with Gasteiger partial charge in [-0.25, -0.2) is 0 Å². The van der Waals surface area contributed by atoms with Gasteiger partial charge in [0.25, 0.3) is 16.1 Å². The number of piperazine rings is 1. The van der Waals surface area contributed by atoms with Crippen LogP contribution in [0.1, 0.15) is 74.0 Å². The summed E-state index contributed by atoms with van der Waals surface area (Å²) >= 11 is 0. The Morgan fingerprint density at radius 1 is 1.12 bits per heavy atom. The second-order valence-corrected chi connectivity index (χ2v) is 11.3. The molecule has 2 saturated heterocycles. The van der Waals surface area contributed by atoms with Crippen molar-refractivity contribution in [1.82, 2.24) is 24.4 Å². The lowest BCUT2D eigenvalue weighted by atomic mass is 10.1. The van der Waals surface area contributed by atoms with Crippen molar-refractivity contribution in [3.05, 3.63) is 29.7 Å². The summed E-state index contributed by atoms with van der Waals surface area (Å²) in [6.45, 7) is 4.22.